The van der Waals surface area contributed by atoms with Crippen LogP contribution in [0.1, 0.15) is 36.6 Å². The summed E-state index contributed by atoms with van der Waals surface area (Å²) in [4.78, 5) is 11.6. The van der Waals surface area contributed by atoms with Crippen LogP contribution in [0.4, 0.5) is 13.6 Å². The van der Waals surface area contributed by atoms with Crippen molar-refractivity contribution in [1.82, 2.24) is 0 Å². The molecule has 0 saturated carbocycles. The SMILES string of the molecule is CCOC(=O)O[C@@H]1[C@@H](O)[C@H](c2ccc(Cl)c(Cc3ccc(OCC)cc3)c2)O[C@H](O)C1(F)F. The molecule has 0 spiro atoms. The van der Waals surface area contributed by atoms with E-state index in [1.54, 1.807) is 6.07 Å². The molecule has 180 valence electrons. The summed E-state index contributed by atoms with van der Waals surface area (Å²) in [5, 5.41) is 20.9. The number of halogens is 3. The predicted octanol–water partition coefficient (Wildman–Crippen LogP) is 4.26. The van der Waals surface area contributed by atoms with Crippen LogP contribution >= 0.6 is 11.6 Å². The highest BCUT2D eigenvalue weighted by Crippen LogP contribution is 2.42. The molecule has 1 saturated heterocycles. The van der Waals surface area contributed by atoms with Crippen molar-refractivity contribution in [3.8, 4) is 5.75 Å². The van der Waals surface area contributed by atoms with Crippen LogP contribution in [0.5, 0.6) is 5.75 Å². The largest absolute Gasteiger partial charge is 0.508 e. The normalized spacial score (nSPS) is 24.2. The Morgan fingerprint density at radius 2 is 1.82 bits per heavy atom. The second-order valence-electron chi connectivity index (χ2n) is 7.40. The number of alkyl halides is 2. The third-order valence-corrected chi connectivity index (χ3v) is 5.49. The highest BCUT2D eigenvalue weighted by molar-refractivity contribution is 6.31. The number of rotatable bonds is 7. The molecule has 1 aliphatic rings. The first-order chi connectivity index (χ1) is 15.7. The zero-order valence-corrected chi connectivity index (χ0v) is 18.8. The summed E-state index contributed by atoms with van der Waals surface area (Å²) < 4.78 is 48.4. The number of benzene rings is 2. The van der Waals surface area contributed by atoms with Gasteiger partial charge in [0.05, 0.1) is 13.2 Å². The lowest BCUT2D eigenvalue weighted by atomic mass is 9.91. The van der Waals surface area contributed by atoms with Gasteiger partial charge in [-0.3, -0.25) is 0 Å². The Bertz CT molecular complexity index is 954. The molecule has 1 fully saturated rings. The second kappa shape index (κ2) is 10.6. The maximum atomic E-state index is 14.4. The van der Waals surface area contributed by atoms with E-state index in [1.807, 2.05) is 31.2 Å². The molecule has 4 atom stereocenters. The van der Waals surface area contributed by atoms with Crippen molar-refractivity contribution in [1.29, 1.82) is 0 Å². The van der Waals surface area contributed by atoms with E-state index < -0.39 is 36.7 Å². The highest BCUT2D eigenvalue weighted by Gasteiger charge is 2.60. The van der Waals surface area contributed by atoms with Crippen molar-refractivity contribution in [3.63, 3.8) is 0 Å². The molecular weight excluding hydrogens is 462 g/mol. The summed E-state index contributed by atoms with van der Waals surface area (Å²) in [6, 6.07) is 12.0. The van der Waals surface area contributed by atoms with E-state index in [0.29, 0.717) is 23.6 Å². The number of carbonyl (C=O) groups is 1. The van der Waals surface area contributed by atoms with Crippen LogP contribution in [0.2, 0.25) is 5.02 Å². The van der Waals surface area contributed by atoms with Gasteiger partial charge in [-0.2, -0.15) is 8.78 Å². The van der Waals surface area contributed by atoms with Gasteiger partial charge in [0, 0.05) is 5.02 Å². The van der Waals surface area contributed by atoms with Gasteiger partial charge >= 0.3 is 12.1 Å². The quantitative estimate of drug-likeness (QED) is 0.565. The van der Waals surface area contributed by atoms with E-state index in [4.69, 9.17) is 21.1 Å². The molecule has 10 heteroatoms. The van der Waals surface area contributed by atoms with Crippen molar-refractivity contribution in [2.75, 3.05) is 13.2 Å². The molecule has 0 radical (unpaired) electrons. The summed E-state index contributed by atoms with van der Waals surface area (Å²) in [6.45, 7) is 3.79. The second-order valence-corrected chi connectivity index (χ2v) is 7.81. The minimum Gasteiger partial charge on any atom is -0.494 e. The van der Waals surface area contributed by atoms with Gasteiger partial charge in [-0.15, -0.1) is 0 Å². The molecule has 33 heavy (non-hydrogen) atoms. The van der Waals surface area contributed by atoms with Crippen molar-refractivity contribution < 1.29 is 42.7 Å². The maximum absolute atomic E-state index is 14.4. The Morgan fingerprint density at radius 1 is 1.12 bits per heavy atom. The Hall–Kier alpha value is -2.46. The van der Waals surface area contributed by atoms with Crippen LogP contribution in [0, 0.1) is 0 Å². The Morgan fingerprint density at radius 3 is 2.45 bits per heavy atom. The summed E-state index contributed by atoms with van der Waals surface area (Å²) >= 11 is 6.33. The number of hydrogen-bond acceptors (Lipinski definition) is 7. The standard InChI is InChI=1S/C23H25ClF2O7/c1-3-30-16-8-5-13(6-9-16)11-15-12-14(7-10-17(15)24)19-18(27)20(33-22(29)31-4-2)23(25,26)21(28)32-19/h5-10,12,18-21,27-28H,3-4,11H2,1-2H3/t18-,19-,20+,21-/m0/s1. The molecule has 0 unspecified atom stereocenters. The highest BCUT2D eigenvalue weighted by atomic mass is 35.5. The van der Waals surface area contributed by atoms with E-state index in [9.17, 15) is 23.8 Å². The minimum atomic E-state index is -4.06. The Labute approximate surface area is 194 Å². The van der Waals surface area contributed by atoms with Gasteiger partial charge in [-0.05, 0) is 55.2 Å². The van der Waals surface area contributed by atoms with Crippen molar-refractivity contribution in [3.05, 3.63) is 64.2 Å². The van der Waals surface area contributed by atoms with Gasteiger partial charge in [-0.25, -0.2) is 4.79 Å². The number of ether oxygens (including phenoxy) is 4. The van der Waals surface area contributed by atoms with Crippen LogP contribution < -0.4 is 4.74 Å². The van der Waals surface area contributed by atoms with Crippen molar-refractivity contribution >= 4 is 17.8 Å². The number of aliphatic hydroxyl groups excluding tert-OH is 2. The first-order valence-corrected chi connectivity index (χ1v) is 10.8. The molecule has 2 N–H and O–H groups in total. The summed E-state index contributed by atoms with van der Waals surface area (Å²) in [5.74, 6) is -3.33. The minimum absolute atomic E-state index is 0.109. The van der Waals surface area contributed by atoms with E-state index >= 15 is 0 Å². The first kappa shape index (κ1) is 25.2. The number of hydrogen-bond donors (Lipinski definition) is 2. The molecule has 1 aliphatic heterocycles. The molecule has 0 amide bonds. The molecule has 3 rings (SSSR count). The van der Waals surface area contributed by atoms with Gasteiger partial charge in [0.1, 0.15) is 18.0 Å². The van der Waals surface area contributed by atoms with Crippen LogP contribution in [-0.2, 0) is 20.6 Å². The van der Waals surface area contributed by atoms with Gasteiger partial charge < -0.3 is 29.2 Å². The van der Waals surface area contributed by atoms with Gasteiger partial charge in [0.25, 0.3) is 0 Å². The van der Waals surface area contributed by atoms with Crippen molar-refractivity contribution in [2.24, 2.45) is 0 Å². The van der Waals surface area contributed by atoms with Gasteiger partial charge in [-0.1, -0.05) is 35.9 Å². The lowest BCUT2D eigenvalue weighted by molar-refractivity contribution is -0.345. The van der Waals surface area contributed by atoms with Crippen molar-refractivity contribution in [2.45, 2.75) is 50.8 Å². The third kappa shape index (κ3) is 5.73. The number of aliphatic hydroxyl groups is 2. The first-order valence-electron chi connectivity index (χ1n) is 10.4. The van der Waals surface area contributed by atoms with Crippen LogP contribution in [0.15, 0.2) is 42.5 Å². The monoisotopic (exact) mass is 486 g/mol. The number of carbonyl (C=O) groups excluding carboxylic acids is 1. The van der Waals surface area contributed by atoms with Crippen LogP contribution in [0.3, 0.4) is 0 Å². The molecule has 1 heterocycles. The lowest BCUT2D eigenvalue weighted by Crippen LogP contribution is -2.60. The van der Waals surface area contributed by atoms with Crippen LogP contribution in [-0.4, -0.2) is 54.0 Å². The average Bonchev–Trinajstić information content (AvgIpc) is 2.77. The van der Waals surface area contributed by atoms with Crippen LogP contribution in [0.25, 0.3) is 0 Å². The van der Waals surface area contributed by atoms with E-state index in [1.165, 1.54) is 19.1 Å². The maximum Gasteiger partial charge on any atom is 0.508 e. The fourth-order valence-corrected chi connectivity index (χ4v) is 3.70. The van der Waals surface area contributed by atoms with E-state index in [-0.39, 0.29) is 12.2 Å². The Balaban J connectivity index is 1.85. The van der Waals surface area contributed by atoms with E-state index in [0.717, 1.165) is 11.3 Å². The summed E-state index contributed by atoms with van der Waals surface area (Å²) in [6.07, 6.45) is -9.36. The molecular formula is C23H25ClF2O7. The Kier molecular flexibility index (Phi) is 8.12. The van der Waals surface area contributed by atoms with E-state index in [2.05, 4.69) is 9.47 Å². The fraction of sp³-hybridized carbons (Fsp3) is 0.435. The fourth-order valence-electron chi connectivity index (χ4n) is 3.51. The topological polar surface area (TPSA) is 94.5 Å². The zero-order chi connectivity index (χ0) is 24.2. The molecule has 7 nitrogen and oxygen atoms in total. The summed E-state index contributed by atoms with van der Waals surface area (Å²) in [5.41, 5.74) is 1.83. The molecule has 0 bridgehead atoms. The summed E-state index contributed by atoms with van der Waals surface area (Å²) in [7, 11) is 0. The molecule has 2 aromatic rings. The molecule has 0 aromatic heterocycles. The van der Waals surface area contributed by atoms with Gasteiger partial charge in [0.2, 0.25) is 12.4 Å². The molecule has 2 aromatic carbocycles. The third-order valence-electron chi connectivity index (χ3n) is 5.12. The predicted molar refractivity (Wildman–Crippen MR) is 115 cm³/mol. The zero-order valence-electron chi connectivity index (χ0n) is 18.0. The lowest BCUT2D eigenvalue weighted by Gasteiger charge is -2.41. The molecule has 0 aliphatic carbocycles. The van der Waals surface area contributed by atoms with Gasteiger partial charge in [0.15, 0.2) is 0 Å². The average molecular weight is 487 g/mol. The smallest absolute Gasteiger partial charge is 0.494 e.